The highest BCUT2D eigenvalue weighted by atomic mass is 16.4. The monoisotopic (exact) mass is 355 g/mol. The summed E-state index contributed by atoms with van der Waals surface area (Å²) in [6.45, 7) is 5.50. The molecule has 6 heteroatoms. The Morgan fingerprint density at radius 3 is 2.62 bits per heavy atom. The zero-order valence-corrected chi connectivity index (χ0v) is 15.3. The number of piperidine rings is 1. The molecule has 1 fully saturated rings. The molecule has 1 atom stereocenters. The van der Waals surface area contributed by atoms with Crippen molar-refractivity contribution in [2.75, 3.05) is 13.1 Å². The van der Waals surface area contributed by atoms with Gasteiger partial charge in [-0.15, -0.1) is 0 Å². The van der Waals surface area contributed by atoms with Crippen LogP contribution in [0.4, 0.5) is 0 Å². The number of hydrogen-bond acceptors (Lipinski definition) is 3. The fourth-order valence-electron chi connectivity index (χ4n) is 3.54. The number of H-pyrrole nitrogens is 1. The molecule has 3 rings (SSSR count). The van der Waals surface area contributed by atoms with Gasteiger partial charge in [0.1, 0.15) is 0 Å². The molecule has 138 valence electrons. The number of likely N-dealkylation sites (tertiary alicyclic amines) is 1. The number of aromatic carboxylic acids is 1. The van der Waals surface area contributed by atoms with E-state index in [0.717, 1.165) is 41.9 Å². The first kappa shape index (κ1) is 18.2. The summed E-state index contributed by atoms with van der Waals surface area (Å²) in [4.78, 5) is 25.5. The van der Waals surface area contributed by atoms with E-state index < -0.39 is 5.97 Å². The Morgan fingerprint density at radius 1 is 1.27 bits per heavy atom. The van der Waals surface area contributed by atoms with Crippen molar-refractivity contribution >= 4 is 11.9 Å². The lowest BCUT2D eigenvalue weighted by Gasteiger charge is -2.33. The molecule has 1 aliphatic heterocycles. The van der Waals surface area contributed by atoms with Gasteiger partial charge in [-0.2, -0.15) is 5.10 Å². The summed E-state index contributed by atoms with van der Waals surface area (Å²) in [6, 6.07) is 7.03. The second kappa shape index (κ2) is 7.72. The largest absolute Gasteiger partial charge is 0.478 e. The lowest BCUT2D eigenvalue weighted by atomic mass is 9.90. The Morgan fingerprint density at radius 2 is 2.00 bits per heavy atom. The predicted molar refractivity (Wildman–Crippen MR) is 98.3 cm³/mol. The van der Waals surface area contributed by atoms with Crippen molar-refractivity contribution < 1.29 is 14.7 Å². The number of aromatic amines is 1. The third-order valence-corrected chi connectivity index (χ3v) is 5.33. The van der Waals surface area contributed by atoms with Crippen LogP contribution in [0.15, 0.2) is 24.3 Å². The van der Waals surface area contributed by atoms with Gasteiger partial charge in [0.2, 0.25) is 5.91 Å². The van der Waals surface area contributed by atoms with Crippen molar-refractivity contribution in [3.8, 4) is 0 Å². The summed E-state index contributed by atoms with van der Waals surface area (Å²) in [5, 5.41) is 16.3. The molecule has 0 radical (unpaired) electrons. The van der Waals surface area contributed by atoms with E-state index in [9.17, 15) is 9.59 Å². The lowest BCUT2D eigenvalue weighted by Crippen LogP contribution is -2.39. The SMILES string of the molecule is Cc1[nH]nc(CCC(=O)N2CCCC(c3ccc(C(=O)O)cc3)C2)c1C. The molecule has 2 aromatic rings. The summed E-state index contributed by atoms with van der Waals surface area (Å²) in [7, 11) is 0. The van der Waals surface area contributed by atoms with Crippen LogP contribution in [0.1, 0.15) is 58.1 Å². The number of amides is 1. The van der Waals surface area contributed by atoms with Gasteiger partial charge in [-0.05, 0) is 49.9 Å². The minimum absolute atomic E-state index is 0.164. The molecule has 0 bridgehead atoms. The fraction of sp³-hybridized carbons (Fsp3) is 0.450. The third-order valence-electron chi connectivity index (χ3n) is 5.33. The van der Waals surface area contributed by atoms with Gasteiger partial charge in [0.25, 0.3) is 0 Å². The Balaban J connectivity index is 1.59. The molecular formula is C20H25N3O3. The first-order valence-electron chi connectivity index (χ1n) is 9.07. The molecule has 1 saturated heterocycles. The van der Waals surface area contributed by atoms with Crippen LogP contribution in [0, 0.1) is 13.8 Å². The van der Waals surface area contributed by atoms with Crippen LogP contribution in [0.2, 0.25) is 0 Å². The van der Waals surface area contributed by atoms with Crippen molar-refractivity contribution in [3.05, 3.63) is 52.3 Å². The molecule has 26 heavy (non-hydrogen) atoms. The molecule has 2 heterocycles. The zero-order valence-electron chi connectivity index (χ0n) is 15.3. The van der Waals surface area contributed by atoms with Crippen LogP contribution < -0.4 is 0 Å². The number of aromatic nitrogens is 2. The number of carbonyl (C=O) groups is 2. The summed E-state index contributed by atoms with van der Waals surface area (Å²) in [6.07, 6.45) is 3.12. The topological polar surface area (TPSA) is 86.3 Å². The van der Waals surface area contributed by atoms with Gasteiger partial charge in [0, 0.05) is 37.5 Å². The molecule has 0 saturated carbocycles. The normalized spacial score (nSPS) is 17.3. The highest BCUT2D eigenvalue weighted by molar-refractivity contribution is 5.87. The Kier molecular flexibility index (Phi) is 5.40. The maximum atomic E-state index is 12.6. The van der Waals surface area contributed by atoms with Gasteiger partial charge in [-0.25, -0.2) is 4.79 Å². The number of aryl methyl sites for hydroxylation is 2. The molecule has 1 aromatic carbocycles. The van der Waals surface area contributed by atoms with Crippen LogP contribution in [0.3, 0.4) is 0 Å². The summed E-state index contributed by atoms with van der Waals surface area (Å²) < 4.78 is 0. The average molecular weight is 355 g/mol. The van der Waals surface area contributed by atoms with E-state index in [4.69, 9.17) is 5.11 Å². The van der Waals surface area contributed by atoms with E-state index >= 15 is 0 Å². The number of nitrogens with zero attached hydrogens (tertiary/aromatic N) is 2. The van der Waals surface area contributed by atoms with Crippen LogP contribution in [0.25, 0.3) is 0 Å². The minimum atomic E-state index is -0.916. The number of carboxylic acid groups (broad SMARTS) is 1. The number of rotatable bonds is 5. The molecule has 0 aliphatic carbocycles. The predicted octanol–water partition coefficient (Wildman–Crippen LogP) is 3.06. The highest BCUT2D eigenvalue weighted by Crippen LogP contribution is 2.27. The Labute approximate surface area is 153 Å². The van der Waals surface area contributed by atoms with E-state index in [2.05, 4.69) is 10.2 Å². The summed E-state index contributed by atoms with van der Waals surface area (Å²) in [5.41, 5.74) is 4.55. The number of nitrogens with one attached hydrogen (secondary N) is 1. The van der Waals surface area contributed by atoms with Crippen molar-refractivity contribution in [2.24, 2.45) is 0 Å². The summed E-state index contributed by atoms with van der Waals surface area (Å²) >= 11 is 0. The van der Waals surface area contributed by atoms with E-state index in [1.807, 2.05) is 30.9 Å². The highest BCUT2D eigenvalue weighted by Gasteiger charge is 2.25. The number of hydrogen-bond donors (Lipinski definition) is 2. The van der Waals surface area contributed by atoms with Gasteiger partial charge in [0.05, 0.1) is 11.3 Å². The van der Waals surface area contributed by atoms with Crippen LogP contribution in [0.5, 0.6) is 0 Å². The summed E-state index contributed by atoms with van der Waals surface area (Å²) in [5.74, 6) is -0.484. The smallest absolute Gasteiger partial charge is 0.335 e. The standard InChI is InChI=1S/C20H25N3O3/c1-13-14(2)21-22-18(13)9-10-19(24)23-11-3-4-17(12-23)15-5-7-16(8-6-15)20(25)26/h5-8,17H,3-4,9-12H2,1-2H3,(H,21,22)(H,25,26). The Hall–Kier alpha value is -2.63. The van der Waals surface area contributed by atoms with Gasteiger partial charge >= 0.3 is 5.97 Å². The van der Waals surface area contributed by atoms with Crippen LogP contribution in [-0.2, 0) is 11.2 Å². The molecule has 1 amide bonds. The number of benzene rings is 1. The van der Waals surface area contributed by atoms with E-state index in [1.165, 1.54) is 0 Å². The van der Waals surface area contributed by atoms with Gasteiger partial charge in [-0.1, -0.05) is 12.1 Å². The van der Waals surface area contributed by atoms with Crippen molar-refractivity contribution in [3.63, 3.8) is 0 Å². The number of carboxylic acids is 1. The maximum Gasteiger partial charge on any atom is 0.335 e. The quantitative estimate of drug-likeness (QED) is 0.863. The van der Waals surface area contributed by atoms with Gasteiger partial charge in [-0.3, -0.25) is 9.89 Å². The second-order valence-corrected chi connectivity index (χ2v) is 7.03. The third kappa shape index (κ3) is 3.95. The molecular weight excluding hydrogens is 330 g/mol. The van der Waals surface area contributed by atoms with Gasteiger partial charge < -0.3 is 10.0 Å². The molecule has 1 aliphatic rings. The van der Waals surface area contributed by atoms with Crippen LogP contribution in [-0.4, -0.2) is 45.2 Å². The lowest BCUT2D eigenvalue weighted by molar-refractivity contribution is -0.132. The second-order valence-electron chi connectivity index (χ2n) is 7.03. The molecule has 1 aromatic heterocycles. The molecule has 6 nitrogen and oxygen atoms in total. The van der Waals surface area contributed by atoms with E-state index in [-0.39, 0.29) is 11.8 Å². The Bertz CT molecular complexity index is 795. The average Bonchev–Trinajstić information content (AvgIpc) is 2.98. The van der Waals surface area contributed by atoms with Gasteiger partial charge in [0.15, 0.2) is 0 Å². The van der Waals surface area contributed by atoms with Crippen LogP contribution >= 0.6 is 0 Å². The maximum absolute atomic E-state index is 12.6. The minimum Gasteiger partial charge on any atom is -0.478 e. The first-order chi connectivity index (χ1) is 12.5. The van der Waals surface area contributed by atoms with Crippen molar-refractivity contribution in [2.45, 2.75) is 45.4 Å². The molecule has 0 spiro atoms. The first-order valence-corrected chi connectivity index (χ1v) is 9.07. The fourth-order valence-corrected chi connectivity index (χ4v) is 3.54. The number of carbonyl (C=O) groups excluding carboxylic acids is 1. The van der Waals surface area contributed by atoms with Crippen molar-refractivity contribution in [1.29, 1.82) is 0 Å². The van der Waals surface area contributed by atoms with E-state index in [1.54, 1.807) is 12.1 Å². The van der Waals surface area contributed by atoms with E-state index in [0.29, 0.717) is 24.9 Å². The molecule has 1 unspecified atom stereocenters. The zero-order chi connectivity index (χ0) is 18.7. The molecule has 2 N–H and O–H groups in total. The van der Waals surface area contributed by atoms with Crippen molar-refractivity contribution in [1.82, 2.24) is 15.1 Å².